The summed E-state index contributed by atoms with van der Waals surface area (Å²) in [6.07, 6.45) is -5.21. The molecule has 0 saturated carbocycles. The van der Waals surface area contributed by atoms with E-state index < -0.39 is 45.9 Å². The number of carbonyl (C=O) groups is 1. The summed E-state index contributed by atoms with van der Waals surface area (Å²) in [5.74, 6) is 0.306. The van der Waals surface area contributed by atoms with E-state index in [1.54, 1.807) is 27.7 Å². The average molecular weight is 857 g/mol. The van der Waals surface area contributed by atoms with Gasteiger partial charge in [-0.1, -0.05) is 43.9 Å². The SMILES string of the molecule is CC(C)Oc1ccc(CCN2/C(=C\C3=C([O-])C(=C\C4=[N+](CCc5ccc(OC(C)C)cc5)c5ccc(C(F)(F)F)cc5C4(C)C)/C3=O)C(C)(C)c3cc(C(F)(F)F)ccc32)cc1. The summed E-state index contributed by atoms with van der Waals surface area (Å²) in [4.78, 5) is 16.0. The van der Waals surface area contributed by atoms with E-state index in [9.17, 15) is 36.2 Å². The van der Waals surface area contributed by atoms with Gasteiger partial charge < -0.3 is 19.5 Å². The van der Waals surface area contributed by atoms with Crippen LogP contribution in [0.3, 0.4) is 0 Å². The molecule has 7 rings (SSSR count). The normalized spacial score (nSPS) is 18.3. The fraction of sp³-hybridized carbons (Fsp3) is 0.360. The van der Waals surface area contributed by atoms with Crippen molar-refractivity contribution in [2.75, 3.05) is 18.0 Å². The van der Waals surface area contributed by atoms with Crippen LogP contribution in [0.4, 0.5) is 37.7 Å². The van der Waals surface area contributed by atoms with Crippen LogP contribution in [-0.4, -0.2) is 41.4 Å². The van der Waals surface area contributed by atoms with Crippen LogP contribution < -0.4 is 19.5 Å². The number of carbonyl (C=O) groups excluding carboxylic acids is 1. The molecule has 0 fully saturated rings. The van der Waals surface area contributed by atoms with Crippen molar-refractivity contribution in [1.82, 2.24) is 0 Å². The zero-order chi connectivity index (χ0) is 45.1. The van der Waals surface area contributed by atoms with Gasteiger partial charge in [0, 0.05) is 58.6 Å². The van der Waals surface area contributed by atoms with Crippen molar-refractivity contribution in [3.63, 3.8) is 0 Å². The Labute approximate surface area is 358 Å². The minimum atomic E-state index is -4.59. The van der Waals surface area contributed by atoms with Crippen molar-refractivity contribution in [3.8, 4) is 11.5 Å². The first-order valence-corrected chi connectivity index (χ1v) is 20.7. The molecule has 4 aromatic carbocycles. The number of benzene rings is 4. The molecule has 1 aliphatic carbocycles. The summed E-state index contributed by atoms with van der Waals surface area (Å²) in [5, 5.41) is 14.1. The summed E-state index contributed by atoms with van der Waals surface area (Å²) >= 11 is 0. The molecule has 0 aromatic heterocycles. The van der Waals surface area contributed by atoms with Crippen LogP contribution in [-0.2, 0) is 40.8 Å². The van der Waals surface area contributed by atoms with E-state index in [-0.39, 0.29) is 23.4 Å². The van der Waals surface area contributed by atoms with E-state index in [1.807, 2.05) is 85.7 Å². The van der Waals surface area contributed by atoms with E-state index in [0.717, 1.165) is 35.4 Å². The lowest BCUT2D eigenvalue weighted by Crippen LogP contribution is -2.35. The first-order valence-electron chi connectivity index (χ1n) is 20.7. The zero-order valence-corrected chi connectivity index (χ0v) is 36.0. The molecule has 3 aliphatic rings. The maximum absolute atomic E-state index is 14.1. The molecule has 0 atom stereocenters. The van der Waals surface area contributed by atoms with E-state index in [2.05, 4.69) is 0 Å². The molecule has 0 saturated heterocycles. The minimum absolute atomic E-state index is 0.00709. The van der Waals surface area contributed by atoms with Crippen molar-refractivity contribution in [3.05, 3.63) is 153 Å². The molecule has 12 heteroatoms. The van der Waals surface area contributed by atoms with Gasteiger partial charge in [0.25, 0.3) is 0 Å². The first kappa shape index (κ1) is 44.3. The number of allylic oxidation sites excluding steroid dienone is 5. The van der Waals surface area contributed by atoms with Crippen LogP contribution in [0.25, 0.3) is 0 Å². The summed E-state index contributed by atoms with van der Waals surface area (Å²) in [5.41, 5.74) is 0.887. The zero-order valence-electron chi connectivity index (χ0n) is 36.0. The van der Waals surface area contributed by atoms with Gasteiger partial charge in [-0.2, -0.15) is 30.9 Å². The topological polar surface area (TPSA) is 64.8 Å². The standard InChI is InChI=1S/C50H50F6N2O4/c1-29(2)61-35-15-9-31(10-16-35)21-23-57-41-19-13-33(49(51,52)53)25-39(41)47(5,6)43(57)27-37-45(59)38(46(37)60)28-44-48(7,8)40-26-34(50(54,55)56)14-20-42(40)58(44)24-22-32-11-17-36(18-12-32)62-30(3)4/h9-20,25-30H,21-24H2,1-8H3. The molecule has 0 amide bonds. The van der Waals surface area contributed by atoms with Crippen LogP contribution in [0.2, 0.25) is 0 Å². The number of ketones is 1. The largest absolute Gasteiger partial charge is 0.871 e. The lowest BCUT2D eigenvalue weighted by molar-refractivity contribution is -0.437. The molecule has 0 N–H and O–H groups in total. The van der Waals surface area contributed by atoms with Crippen molar-refractivity contribution in [2.24, 2.45) is 0 Å². The number of alkyl halides is 6. The van der Waals surface area contributed by atoms with Crippen LogP contribution in [0.5, 0.6) is 11.5 Å². The van der Waals surface area contributed by atoms with Gasteiger partial charge in [-0.25, -0.2) is 0 Å². The number of hydrogen-bond acceptors (Lipinski definition) is 5. The highest BCUT2D eigenvalue weighted by atomic mass is 19.4. The molecule has 62 heavy (non-hydrogen) atoms. The van der Waals surface area contributed by atoms with Gasteiger partial charge in [-0.05, 0) is 125 Å². The smallest absolute Gasteiger partial charge is 0.416 e. The number of anilines is 1. The number of rotatable bonds is 12. The third-order valence-corrected chi connectivity index (χ3v) is 11.8. The second-order valence-corrected chi connectivity index (χ2v) is 17.7. The minimum Gasteiger partial charge on any atom is -0.871 e. The summed E-state index contributed by atoms with van der Waals surface area (Å²) in [6.45, 7) is 15.5. The summed E-state index contributed by atoms with van der Waals surface area (Å²) in [6, 6.07) is 22.3. The maximum Gasteiger partial charge on any atom is 0.416 e. The fourth-order valence-corrected chi connectivity index (χ4v) is 8.57. The Morgan fingerprint density at radius 1 is 0.694 bits per heavy atom. The third-order valence-electron chi connectivity index (χ3n) is 11.8. The van der Waals surface area contributed by atoms with Crippen molar-refractivity contribution in [2.45, 2.75) is 104 Å². The highest BCUT2D eigenvalue weighted by Crippen LogP contribution is 2.51. The Morgan fingerprint density at radius 3 is 1.73 bits per heavy atom. The van der Waals surface area contributed by atoms with Gasteiger partial charge in [0.2, 0.25) is 5.69 Å². The van der Waals surface area contributed by atoms with Gasteiger partial charge in [0.15, 0.2) is 18.0 Å². The van der Waals surface area contributed by atoms with Gasteiger partial charge in [-0.15, -0.1) is 0 Å². The summed E-state index contributed by atoms with van der Waals surface area (Å²) in [7, 11) is 0. The number of fused-ring (bicyclic) bond motifs is 2. The Bertz CT molecular complexity index is 2520. The molecule has 0 spiro atoms. The molecule has 326 valence electrons. The number of hydrogen-bond donors (Lipinski definition) is 0. The predicted octanol–water partition coefficient (Wildman–Crippen LogP) is 11.0. The van der Waals surface area contributed by atoms with Crippen LogP contribution >= 0.6 is 0 Å². The lowest BCUT2D eigenvalue weighted by Gasteiger charge is -2.33. The Balaban J connectivity index is 1.26. The van der Waals surface area contributed by atoms with Crippen molar-refractivity contribution >= 4 is 22.9 Å². The monoisotopic (exact) mass is 856 g/mol. The van der Waals surface area contributed by atoms with E-state index in [1.165, 1.54) is 24.3 Å². The van der Waals surface area contributed by atoms with Gasteiger partial charge >= 0.3 is 12.4 Å². The highest BCUT2D eigenvalue weighted by Gasteiger charge is 2.48. The van der Waals surface area contributed by atoms with Crippen molar-refractivity contribution < 1.29 is 50.3 Å². The van der Waals surface area contributed by atoms with E-state index in [0.29, 0.717) is 71.3 Å². The molecule has 2 heterocycles. The van der Waals surface area contributed by atoms with E-state index >= 15 is 0 Å². The van der Waals surface area contributed by atoms with Crippen LogP contribution in [0.15, 0.2) is 120 Å². The Morgan fingerprint density at radius 2 is 1.21 bits per heavy atom. The first-order chi connectivity index (χ1) is 29.0. The lowest BCUT2D eigenvalue weighted by atomic mass is 9.77. The second kappa shape index (κ2) is 16.2. The molecular formula is C50H50F6N2O4. The maximum atomic E-state index is 14.1. The molecular weight excluding hydrogens is 807 g/mol. The van der Waals surface area contributed by atoms with Gasteiger partial charge in [0.1, 0.15) is 11.5 Å². The van der Waals surface area contributed by atoms with E-state index in [4.69, 9.17) is 9.47 Å². The van der Waals surface area contributed by atoms with Crippen molar-refractivity contribution in [1.29, 1.82) is 0 Å². The Kier molecular flexibility index (Phi) is 11.5. The second-order valence-electron chi connectivity index (χ2n) is 17.7. The molecule has 6 nitrogen and oxygen atoms in total. The highest BCUT2D eigenvalue weighted by molar-refractivity contribution is 6.24. The fourth-order valence-electron chi connectivity index (χ4n) is 8.57. The van der Waals surface area contributed by atoms with Crippen LogP contribution in [0.1, 0.15) is 88.8 Å². The van der Waals surface area contributed by atoms with Gasteiger partial charge in [-0.3, -0.25) is 4.79 Å². The Hall–Kier alpha value is -5.78. The molecule has 0 unspecified atom stereocenters. The molecule has 0 radical (unpaired) electrons. The number of Topliss-reactive ketones (excluding diaryl/α,β-unsaturated/α-hetero) is 1. The number of halogens is 6. The van der Waals surface area contributed by atoms with Gasteiger partial charge in [0.05, 0.1) is 28.7 Å². The number of ether oxygens (including phenoxy) is 2. The average Bonchev–Trinajstić information content (AvgIpc) is 3.54. The number of nitrogens with zero attached hydrogens (tertiary/aromatic N) is 2. The quantitative estimate of drug-likeness (QED) is 0.0807. The molecule has 2 aliphatic heterocycles. The third kappa shape index (κ3) is 8.52. The molecule has 4 aromatic rings. The predicted molar refractivity (Wildman–Crippen MR) is 226 cm³/mol. The molecule has 0 bridgehead atoms. The summed E-state index contributed by atoms with van der Waals surface area (Å²) < 4.78 is 97.4. The van der Waals surface area contributed by atoms with Crippen LogP contribution in [0, 0.1) is 0 Å².